The Labute approximate surface area is 505 Å². The number of carbonyl (C=O) groups is 4. The van der Waals surface area contributed by atoms with Gasteiger partial charge in [-0.1, -0.05) is 248 Å². The predicted molar refractivity (Wildman–Crippen MR) is 335 cm³/mol. The van der Waals surface area contributed by atoms with Gasteiger partial charge in [0.05, 0.1) is 0 Å². The minimum Gasteiger partial charge on any atom is -0.489 e. The van der Waals surface area contributed by atoms with Gasteiger partial charge in [0.1, 0.15) is 40.7 Å². The van der Waals surface area contributed by atoms with Crippen molar-refractivity contribution in [1.29, 1.82) is 0 Å². The summed E-state index contributed by atoms with van der Waals surface area (Å²) in [6.45, 7) is -0.108. The molecule has 12 rings (SSSR count). The summed E-state index contributed by atoms with van der Waals surface area (Å²) >= 11 is 2.65. The van der Waals surface area contributed by atoms with Gasteiger partial charge in [-0.3, -0.25) is 19.3 Å². The quantitative estimate of drug-likeness (QED) is 0.0206. The second-order valence-electron chi connectivity index (χ2n) is 20.4. The molecule has 424 valence electrons. The lowest BCUT2D eigenvalue weighted by Crippen LogP contribution is -2.71. The SMILES string of the molecule is NC(=O)c1ccc(OCC2=C(C(=O)OC(c3ccccc3)c3ccccc3)N3C(=O)C(NC(=O)/C(=N/OC(c4ccccc4)(c4ccccc4)c4ccccc4)c4csc(NC(c5ccccc5)(c5ccccc5)c5ccccc5)n4)[C@H]3SC2)cc1. The number of benzene rings is 9. The number of thiazole rings is 1. The molecule has 2 aliphatic rings. The maximum Gasteiger partial charge on any atom is 0.356 e. The Morgan fingerprint density at radius 1 is 0.605 bits per heavy atom. The van der Waals surface area contributed by atoms with Gasteiger partial charge >= 0.3 is 5.97 Å². The number of aromatic nitrogens is 1. The van der Waals surface area contributed by atoms with Crippen LogP contribution in [-0.4, -0.2) is 63.1 Å². The maximum absolute atomic E-state index is 15.6. The van der Waals surface area contributed by atoms with E-state index in [0.717, 1.165) is 44.5 Å². The Bertz CT molecular complexity index is 3820. The summed E-state index contributed by atoms with van der Waals surface area (Å²) in [7, 11) is 0. The van der Waals surface area contributed by atoms with Crippen LogP contribution in [0.15, 0.2) is 289 Å². The third kappa shape index (κ3) is 11.3. The highest BCUT2D eigenvalue weighted by atomic mass is 32.2. The summed E-state index contributed by atoms with van der Waals surface area (Å²) in [5, 5.41) is 13.2. The van der Waals surface area contributed by atoms with Gasteiger partial charge in [0.2, 0.25) is 11.5 Å². The fourth-order valence-electron chi connectivity index (χ4n) is 11.0. The minimum absolute atomic E-state index is 0.000549. The summed E-state index contributed by atoms with van der Waals surface area (Å²) in [5.74, 6) is -2.04. The average molecular weight is 1170 g/mol. The molecule has 0 radical (unpaired) electrons. The van der Waals surface area contributed by atoms with Crippen LogP contribution in [0.25, 0.3) is 0 Å². The molecule has 0 aliphatic carbocycles. The van der Waals surface area contributed by atoms with Gasteiger partial charge in [-0.15, -0.1) is 23.1 Å². The third-order valence-corrected chi connectivity index (χ3v) is 17.3. The Balaban J connectivity index is 0.931. The average Bonchev–Trinajstić information content (AvgIpc) is 1.21. The Morgan fingerprint density at radius 2 is 1.05 bits per heavy atom. The van der Waals surface area contributed by atoms with Crippen molar-refractivity contribution in [2.45, 2.75) is 28.7 Å². The summed E-state index contributed by atoms with van der Waals surface area (Å²) in [6, 6.07) is 83.3. The van der Waals surface area contributed by atoms with Crippen molar-refractivity contribution in [2.75, 3.05) is 17.7 Å². The molecule has 0 spiro atoms. The first-order chi connectivity index (χ1) is 42.2. The minimum atomic E-state index is -1.41. The van der Waals surface area contributed by atoms with E-state index in [2.05, 4.69) is 47.0 Å². The first kappa shape index (κ1) is 56.1. The van der Waals surface area contributed by atoms with Crippen molar-refractivity contribution < 1.29 is 33.5 Å². The zero-order chi connectivity index (χ0) is 58.9. The highest BCUT2D eigenvalue weighted by Crippen LogP contribution is 2.45. The number of rotatable bonds is 21. The molecule has 0 saturated carbocycles. The van der Waals surface area contributed by atoms with Crippen LogP contribution in [0.2, 0.25) is 0 Å². The van der Waals surface area contributed by atoms with Gasteiger partial charge in [0, 0.05) is 39.0 Å². The van der Waals surface area contributed by atoms with E-state index < -0.39 is 52.4 Å². The van der Waals surface area contributed by atoms with Crippen LogP contribution in [0.1, 0.15) is 66.7 Å². The number of ether oxygens (including phenoxy) is 2. The molecule has 4 N–H and O–H groups in total. The van der Waals surface area contributed by atoms with Crippen molar-refractivity contribution in [3.05, 3.63) is 339 Å². The van der Waals surface area contributed by atoms with E-state index in [1.54, 1.807) is 29.6 Å². The van der Waals surface area contributed by atoms with Crippen LogP contribution < -0.4 is 21.1 Å². The number of β-lactam (4-membered cyclic amide) rings is 1. The number of anilines is 1. The number of thioether (sulfide) groups is 1. The van der Waals surface area contributed by atoms with Gasteiger partial charge in [0.15, 0.2) is 16.9 Å². The van der Waals surface area contributed by atoms with E-state index in [-0.39, 0.29) is 29.5 Å². The van der Waals surface area contributed by atoms with E-state index in [4.69, 9.17) is 30.2 Å². The van der Waals surface area contributed by atoms with Crippen LogP contribution in [0.4, 0.5) is 5.13 Å². The number of amides is 3. The smallest absolute Gasteiger partial charge is 0.356 e. The number of hydrogen-bond acceptors (Lipinski definition) is 12. The molecule has 3 amide bonds. The van der Waals surface area contributed by atoms with E-state index in [1.807, 2.05) is 206 Å². The fraction of sp³-hybridized carbons (Fsp3) is 0.0986. The van der Waals surface area contributed by atoms with Crippen molar-refractivity contribution in [2.24, 2.45) is 10.9 Å². The summed E-state index contributed by atoms with van der Waals surface area (Å²) in [4.78, 5) is 71.2. The summed E-state index contributed by atoms with van der Waals surface area (Å²) < 4.78 is 12.7. The predicted octanol–water partition coefficient (Wildman–Crippen LogP) is 12.4. The molecule has 15 heteroatoms. The van der Waals surface area contributed by atoms with Gasteiger partial charge in [-0.2, -0.15) is 0 Å². The summed E-state index contributed by atoms with van der Waals surface area (Å²) in [5.41, 5.74) is 10.4. The number of nitrogens with one attached hydrogen (secondary N) is 2. The molecule has 1 fully saturated rings. The molecule has 86 heavy (non-hydrogen) atoms. The third-order valence-electron chi connectivity index (χ3n) is 15.2. The van der Waals surface area contributed by atoms with Crippen molar-refractivity contribution in [3.8, 4) is 5.75 Å². The molecule has 3 heterocycles. The van der Waals surface area contributed by atoms with E-state index >= 15 is 14.4 Å². The van der Waals surface area contributed by atoms with Gasteiger partial charge < -0.3 is 30.7 Å². The van der Waals surface area contributed by atoms with Gasteiger partial charge in [-0.25, -0.2) is 9.78 Å². The molecular formula is C71H56N6O7S2. The number of hydrogen-bond donors (Lipinski definition) is 3. The lowest BCUT2D eigenvalue weighted by atomic mass is 9.77. The number of esters is 1. The van der Waals surface area contributed by atoms with Crippen molar-refractivity contribution in [1.82, 2.24) is 15.2 Å². The normalized spacial score (nSPS) is 15.0. The molecule has 0 bridgehead atoms. The van der Waals surface area contributed by atoms with E-state index in [9.17, 15) is 4.79 Å². The number of primary amides is 1. The molecule has 1 unspecified atom stereocenters. The maximum atomic E-state index is 15.6. The standard InChI is InChI=1S/C71H56N6O7S2/c72-64(78)50-41-43-58(44-42-50)82-45-51-46-85-67-61(66(80)77(67)62(51)68(81)83-63(48-25-9-1-10-26-48)49-27-11-2-12-28-49)74-65(79)60(76-84-71(55-35-19-6-20-36-55,56-37-21-7-22-38-56)57-39-23-8-24-40-57)59-47-86-69(73-59)75-70(52-29-13-3-14-30-52,53-31-15-4-16-32-53)54-33-17-5-18-34-54/h1-44,47,61,63,67H,45-46H2,(H2,72,78)(H,73,75)(H,74,79)/b76-60+/t61?,67-/m1/s1. The second kappa shape index (κ2) is 25.2. The van der Waals surface area contributed by atoms with Crippen LogP contribution in [0, 0.1) is 0 Å². The molecule has 2 aliphatic heterocycles. The molecule has 10 aromatic rings. The Hall–Kier alpha value is -10.4. The van der Waals surface area contributed by atoms with E-state index in [1.165, 1.54) is 28.0 Å². The van der Waals surface area contributed by atoms with Crippen LogP contribution in [-0.2, 0) is 35.1 Å². The number of carbonyl (C=O) groups excluding carboxylic acids is 4. The fourth-order valence-corrected chi connectivity index (χ4v) is 13.1. The van der Waals surface area contributed by atoms with Crippen molar-refractivity contribution >= 4 is 57.6 Å². The number of fused-ring (bicyclic) bond motifs is 1. The topological polar surface area (TPSA) is 175 Å². The van der Waals surface area contributed by atoms with E-state index in [0.29, 0.717) is 22.0 Å². The number of nitrogens with zero attached hydrogens (tertiary/aromatic N) is 3. The first-order valence-electron chi connectivity index (χ1n) is 27.9. The number of oxime groups is 1. The lowest BCUT2D eigenvalue weighted by molar-refractivity contribution is -0.154. The largest absolute Gasteiger partial charge is 0.489 e. The lowest BCUT2D eigenvalue weighted by Gasteiger charge is -2.49. The molecule has 1 saturated heterocycles. The summed E-state index contributed by atoms with van der Waals surface area (Å²) in [6.07, 6.45) is -0.843. The van der Waals surface area contributed by atoms with Gasteiger partial charge in [0.25, 0.3) is 11.8 Å². The second-order valence-corrected chi connectivity index (χ2v) is 22.4. The Kier molecular flexibility index (Phi) is 16.5. The van der Waals surface area contributed by atoms with Crippen LogP contribution >= 0.6 is 23.1 Å². The highest BCUT2D eigenvalue weighted by Gasteiger charge is 2.55. The van der Waals surface area contributed by atoms with Crippen molar-refractivity contribution in [3.63, 3.8) is 0 Å². The first-order valence-corrected chi connectivity index (χ1v) is 29.8. The zero-order valence-corrected chi connectivity index (χ0v) is 47.9. The Morgan fingerprint density at radius 3 is 1.50 bits per heavy atom. The number of nitrogens with two attached hydrogens (primary N) is 1. The zero-order valence-electron chi connectivity index (χ0n) is 46.2. The van der Waals surface area contributed by atoms with Gasteiger partial charge in [-0.05, 0) is 52.1 Å². The monoisotopic (exact) mass is 1170 g/mol. The highest BCUT2D eigenvalue weighted by molar-refractivity contribution is 8.00. The molecule has 13 nitrogen and oxygen atoms in total. The molecule has 1 aromatic heterocycles. The molecular weight excluding hydrogens is 1110 g/mol. The van der Waals surface area contributed by atoms with Crippen LogP contribution in [0.5, 0.6) is 5.75 Å². The molecule has 2 atom stereocenters. The van der Waals surface area contributed by atoms with Crippen LogP contribution in [0.3, 0.4) is 0 Å². The molecule has 9 aromatic carbocycles.